The first-order valence-corrected chi connectivity index (χ1v) is 15.5. The smallest absolute Gasteiger partial charge is 0.294 e. The van der Waals surface area contributed by atoms with Gasteiger partial charge in [0.2, 0.25) is 5.91 Å². The molecule has 1 fully saturated rings. The predicted molar refractivity (Wildman–Crippen MR) is 168 cm³/mol. The van der Waals surface area contributed by atoms with Crippen LogP contribution in [-0.4, -0.2) is 39.9 Å². The van der Waals surface area contributed by atoms with Gasteiger partial charge < -0.3 is 9.64 Å². The highest BCUT2D eigenvalue weighted by Crippen LogP contribution is 2.38. The molecule has 0 bridgehead atoms. The zero-order valence-electron chi connectivity index (χ0n) is 21.8. The fourth-order valence-electron chi connectivity index (χ4n) is 5.10. The molecule has 41 heavy (non-hydrogen) atoms. The molecule has 0 aromatic heterocycles. The van der Waals surface area contributed by atoms with Gasteiger partial charge in [0.1, 0.15) is 18.9 Å². The molecular formula is C32H24Br2N2O4S. The third kappa shape index (κ3) is 5.84. The van der Waals surface area contributed by atoms with Crippen LogP contribution in [0.15, 0.2) is 92.7 Å². The summed E-state index contributed by atoms with van der Waals surface area (Å²) < 4.78 is 7.59. The van der Waals surface area contributed by atoms with Crippen molar-refractivity contribution in [3.63, 3.8) is 0 Å². The third-order valence-corrected chi connectivity index (χ3v) is 9.31. The minimum atomic E-state index is -0.464. The van der Waals surface area contributed by atoms with E-state index in [1.807, 2.05) is 54.6 Å². The van der Waals surface area contributed by atoms with Gasteiger partial charge in [-0.2, -0.15) is 0 Å². The Labute approximate surface area is 258 Å². The number of ether oxygens (including phenoxy) is 1. The fourth-order valence-corrected chi connectivity index (χ4v) is 7.39. The van der Waals surface area contributed by atoms with Crippen LogP contribution in [0.1, 0.15) is 22.3 Å². The second kappa shape index (κ2) is 11.8. The van der Waals surface area contributed by atoms with Gasteiger partial charge in [0.15, 0.2) is 0 Å². The molecule has 0 radical (unpaired) electrons. The summed E-state index contributed by atoms with van der Waals surface area (Å²) in [5.74, 6) is -0.0626. The third-order valence-electron chi connectivity index (χ3n) is 7.22. The van der Waals surface area contributed by atoms with Crippen molar-refractivity contribution in [1.82, 2.24) is 9.80 Å². The standard InChI is InChI=1S/C32H24Br2N2O4S/c33-26-14-20(15-27(34)30(26)40-19-24-10-5-9-22-7-3-4-11-25(22)24)16-28-31(38)36(32(39)41-28)18-29(37)35-13-12-21-6-1-2-8-23(21)17-35/h1-11,14-16H,12-13,17-19H2/b28-16-. The summed E-state index contributed by atoms with van der Waals surface area (Å²) in [5, 5.41) is 1.84. The molecule has 0 atom stereocenters. The molecule has 2 aliphatic heterocycles. The molecule has 4 aromatic carbocycles. The van der Waals surface area contributed by atoms with Gasteiger partial charge in [0.25, 0.3) is 11.1 Å². The van der Waals surface area contributed by atoms with Crippen LogP contribution in [0.5, 0.6) is 5.75 Å². The summed E-state index contributed by atoms with van der Waals surface area (Å²) in [4.78, 5) is 41.9. The zero-order chi connectivity index (χ0) is 28.5. The van der Waals surface area contributed by atoms with Crippen LogP contribution in [0, 0.1) is 0 Å². The number of carbonyl (C=O) groups excluding carboxylic acids is 3. The number of fused-ring (bicyclic) bond motifs is 2. The Balaban J connectivity index is 1.14. The summed E-state index contributed by atoms with van der Waals surface area (Å²) in [6.07, 6.45) is 2.42. The Morgan fingerprint density at radius 2 is 1.63 bits per heavy atom. The quantitative estimate of drug-likeness (QED) is 0.195. The molecule has 0 saturated carbocycles. The van der Waals surface area contributed by atoms with E-state index in [1.54, 1.807) is 11.0 Å². The van der Waals surface area contributed by atoms with Gasteiger partial charge in [-0.05, 0) is 101 Å². The van der Waals surface area contributed by atoms with Crippen LogP contribution in [0.4, 0.5) is 4.79 Å². The maximum absolute atomic E-state index is 13.1. The molecule has 206 valence electrons. The van der Waals surface area contributed by atoms with Crippen LogP contribution in [0.25, 0.3) is 16.8 Å². The number of benzene rings is 4. The first kappa shape index (κ1) is 27.8. The number of nitrogens with zero attached hydrogens (tertiary/aromatic N) is 2. The topological polar surface area (TPSA) is 66.9 Å². The van der Waals surface area contributed by atoms with E-state index in [4.69, 9.17) is 4.74 Å². The molecule has 4 aromatic rings. The highest BCUT2D eigenvalue weighted by Gasteiger charge is 2.37. The van der Waals surface area contributed by atoms with E-state index < -0.39 is 11.1 Å². The second-order valence-electron chi connectivity index (χ2n) is 9.84. The van der Waals surface area contributed by atoms with Crippen molar-refractivity contribution in [2.45, 2.75) is 19.6 Å². The molecule has 3 amide bonds. The Bertz CT molecular complexity index is 1710. The first-order chi connectivity index (χ1) is 19.9. The van der Waals surface area contributed by atoms with Crippen molar-refractivity contribution < 1.29 is 19.1 Å². The van der Waals surface area contributed by atoms with E-state index in [0.29, 0.717) is 40.0 Å². The van der Waals surface area contributed by atoms with Gasteiger partial charge in [0, 0.05) is 13.1 Å². The first-order valence-electron chi connectivity index (χ1n) is 13.1. The van der Waals surface area contributed by atoms with E-state index in [9.17, 15) is 14.4 Å². The predicted octanol–water partition coefficient (Wildman–Crippen LogP) is 7.57. The molecule has 0 aliphatic carbocycles. The summed E-state index contributed by atoms with van der Waals surface area (Å²) >= 11 is 8.03. The second-order valence-corrected chi connectivity index (χ2v) is 12.5. The minimum absolute atomic E-state index is 0.235. The number of halogens is 2. The largest absolute Gasteiger partial charge is 0.487 e. The number of amides is 3. The molecule has 0 spiro atoms. The van der Waals surface area contributed by atoms with E-state index in [1.165, 1.54) is 5.56 Å². The van der Waals surface area contributed by atoms with E-state index in [0.717, 1.165) is 45.0 Å². The number of rotatable bonds is 6. The molecule has 2 aliphatic rings. The highest BCUT2D eigenvalue weighted by molar-refractivity contribution is 9.11. The molecule has 1 saturated heterocycles. The maximum Gasteiger partial charge on any atom is 0.294 e. The number of hydrogen-bond acceptors (Lipinski definition) is 5. The number of carbonyl (C=O) groups is 3. The maximum atomic E-state index is 13.1. The Kier molecular flexibility index (Phi) is 8.01. The summed E-state index contributed by atoms with van der Waals surface area (Å²) in [6, 6.07) is 26.0. The van der Waals surface area contributed by atoms with Gasteiger partial charge in [-0.15, -0.1) is 0 Å². The van der Waals surface area contributed by atoms with E-state index >= 15 is 0 Å². The SMILES string of the molecule is O=C(CN1C(=O)S/C(=C\c2cc(Br)c(OCc3cccc4ccccc34)c(Br)c2)C1=O)N1CCc2ccccc2C1. The highest BCUT2D eigenvalue weighted by atomic mass is 79.9. The van der Waals surface area contributed by atoms with Crippen LogP contribution >= 0.6 is 43.6 Å². The Morgan fingerprint density at radius 1 is 0.927 bits per heavy atom. The van der Waals surface area contributed by atoms with Crippen LogP contribution in [0.2, 0.25) is 0 Å². The van der Waals surface area contributed by atoms with Crippen molar-refractivity contribution >= 4 is 77.5 Å². The molecular weight excluding hydrogens is 668 g/mol. The van der Waals surface area contributed by atoms with Crippen molar-refractivity contribution in [1.29, 1.82) is 0 Å². The van der Waals surface area contributed by atoms with Gasteiger partial charge in [-0.25, -0.2) is 0 Å². The number of imide groups is 1. The van der Waals surface area contributed by atoms with Crippen LogP contribution in [0.3, 0.4) is 0 Å². The Morgan fingerprint density at radius 3 is 2.44 bits per heavy atom. The van der Waals surface area contributed by atoms with Gasteiger partial charge in [0.05, 0.1) is 13.9 Å². The van der Waals surface area contributed by atoms with Crippen LogP contribution < -0.4 is 4.74 Å². The molecule has 0 unspecified atom stereocenters. The summed E-state index contributed by atoms with van der Waals surface area (Å²) in [7, 11) is 0. The van der Waals surface area contributed by atoms with Crippen molar-refractivity contribution in [2.24, 2.45) is 0 Å². The lowest BCUT2D eigenvalue weighted by Crippen LogP contribution is -2.44. The molecule has 9 heteroatoms. The monoisotopic (exact) mass is 690 g/mol. The number of hydrogen-bond donors (Lipinski definition) is 0. The van der Waals surface area contributed by atoms with Crippen molar-refractivity contribution in [2.75, 3.05) is 13.1 Å². The molecule has 2 heterocycles. The van der Waals surface area contributed by atoms with Crippen molar-refractivity contribution in [3.8, 4) is 5.75 Å². The average Bonchev–Trinajstić information content (AvgIpc) is 3.23. The Hall–Kier alpha value is -3.40. The lowest BCUT2D eigenvalue weighted by molar-refractivity contribution is -0.136. The number of thioether (sulfide) groups is 1. The molecule has 6 nitrogen and oxygen atoms in total. The summed E-state index contributed by atoms with van der Waals surface area (Å²) in [6.45, 7) is 1.17. The average molecular weight is 692 g/mol. The van der Waals surface area contributed by atoms with E-state index in [-0.39, 0.29) is 17.4 Å². The van der Waals surface area contributed by atoms with Crippen LogP contribution in [-0.2, 0) is 29.2 Å². The zero-order valence-corrected chi connectivity index (χ0v) is 25.8. The lowest BCUT2D eigenvalue weighted by Gasteiger charge is -2.29. The van der Waals surface area contributed by atoms with Gasteiger partial charge in [-0.1, -0.05) is 66.7 Å². The summed E-state index contributed by atoms with van der Waals surface area (Å²) in [5.41, 5.74) is 4.11. The normalized spacial score (nSPS) is 16.0. The van der Waals surface area contributed by atoms with Gasteiger partial charge in [-0.3, -0.25) is 19.3 Å². The molecule has 6 rings (SSSR count). The fraction of sp³-hybridized carbons (Fsp3) is 0.156. The van der Waals surface area contributed by atoms with Crippen molar-refractivity contribution in [3.05, 3.63) is 115 Å². The minimum Gasteiger partial charge on any atom is -0.487 e. The van der Waals surface area contributed by atoms with Gasteiger partial charge >= 0.3 is 0 Å². The van der Waals surface area contributed by atoms with E-state index in [2.05, 4.69) is 56.1 Å². The lowest BCUT2D eigenvalue weighted by atomic mass is 10.00. The molecule has 0 N–H and O–H groups in total.